The molecule has 0 bridgehead atoms. The fourth-order valence-corrected chi connectivity index (χ4v) is 2.63. The third-order valence-electron chi connectivity index (χ3n) is 3.73. The number of non-ortho nitro benzene ring substituents is 1. The van der Waals surface area contributed by atoms with Gasteiger partial charge in [0.15, 0.2) is 0 Å². The molecule has 0 atom stereocenters. The Morgan fingerprint density at radius 3 is 2.68 bits per heavy atom. The second-order valence-corrected chi connectivity index (χ2v) is 5.16. The van der Waals surface area contributed by atoms with E-state index in [1.807, 2.05) is 6.07 Å². The van der Waals surface area contributed by atoms with E-state index in [2.05, 4.69) is 0 Å². The summed E-state index contributed by atoms with van der Waals surface area (Å²) in [4.78, 5) is 23.9. The molecular weight excluding hydrogens is 284 g/mol. The lowest BCUT2D eigenvalue weighted by Crippen LogP contribution is -2.23. The van der Waals surface area contributed by atoms with Gasteiger partial charge in [0.2, 0.25) is 5.91 Å². The van der Waals surface area contributed by atoms with Crippen LogP contribution in [-0.4, -0.2) is 22.5 Å². The predicted molar refractivity (Wildman–Crippen MR) is 81.8 cm³/mol. The molecule has 1 heterocycles. The molecule has 6 heteroatoms. The number of carbonyl (C=O) groups is 1. The molecule has 0 aliphatic carbocycles. The number of benzene rings is 2. The van der Waals surface area contributed by atoms with Crippen molar-refractivity contribution < 1.29 is 14.8 Å². The summed E-state index contributed by atoms with van der Waals surface area (Å²) in [6.45, 7) is 0.670. The average Bonchev–Trinajstić information content (AvgIpc) is 2.94. The number of phenols is 1. The Bertz CT molecular complexity index is 758. The van der Waals surface area contributed by atoms with Gasteiger partial charge < -0.3 is 10.0 Å². The maximum atomic E-state index is 11.8. The minimum Gasteiger partial charge on any atom is -0.507 e. The number of nitro groups is 1. The van der Waals surface area contributed by atoms with E-state index >= 15 is 0 Å². The van der Waals surface area contributed by atoms with Crippen LogP contribution >= 0.6 is 0 Å². The van der Waals surface area contributed by atoms with Gasteiger partial charge in [-0.15, -0.1) is 0 Å². The standard InChI is InChI=1S/C16H14N2O4/c19-15-7-6-13(18(21)22)10-14(15)11-3-1-4-12(9-11)17-8-2-5-16(17)20/h1,3-4,6-7,9-10,19H,2,5,8H2. The van der Waals surface area contributed by atoms with Crippen LogP contribution in [-0.2, 0) is 4.79 Å². The Morgan fingerprint density at radius 1 is 1.18 bits per heavy atom. The Balaban J connectivity index is 2.04. The van der Waals surface area contributed by atoms with Gasteiger partial charge in [-0.3, -0.25) is 14.9 Å². The van der Waals surface area contributed by atoms with Gasteiger partial charge in [0.25, 0.3) is 5.69 Å². The summed E-state index contributed by atoms with van der Waals surface area (Å²) in [5.74, 6) is 0.0379. The van der Waals surface area contributed by atoms with Crippen LogP contribution in [0.25, 0.3) is 11.1 Å². The van der Waals surface area contributed by atoms with Crippen molar-refractivity contribution in [1.29, 1.82) is 0 Å². The van der Waals surface area contributed by atoms with Crippen LogP contribution in [0.1, 0.15) is 12.8 Å². The van der Waals surface area contributed by atoms with Crippen LogP contribution in [0.15, 0.2) is 42.5 Å². The van der Waals surface area contributed by atoms with E-state index in [9.17, 15) is 20.0 Å². The van der Waals surface area contributed by atoms with Gasteiger partial charge in [0.1, 0.15) is 5.75 Å². The Labute approximate surface area is 126 Å². The predicted octanol–water partition coefficient (Wildman–Crippen LogP) is 3.09. The average molecular weight is 298 g/mol. The van der Waals surface area contributed by atoms with Crippen molar-refractivity contribution in [3.8, 4) is 16.9 Å². The molecule has 1 aliphatic rings. The zero-order chi connectivity index (χ0) is 15.7. The van der Waals surface area contributed by atoms with Crippen LogP contribution in [0.4, 0.5) is 11.4 Å². The topological polar surface area (TPSA) is 83.7 Å². The van der Waals surface area contributed by atoms with E-state index in [0.29, 0.717) is 24.1 Å². The summed E-state index contributed by atoms with van der Waals surface area (Å²) in [7, 11) is 0. The van der Waals surface area contributed by atoms with Crippen molar-refractivity contribution in [3.05, 3.63) is 52.6 Å². The number of hydrogen-bond donors (Lipinski definition) is 1. The smallest absolute Gasteiger partial charge is 0.270 e. The minimum absolute atomic E-state index is 0.0319. The van der Waals surface area contributed by atoms with Gasteiger partial charge >= 0.3 is 0 Å². The largest absolute Gasteiger partial charge is 0.507 e. The van der Waals surface area contributed by atoms with Gasteiger partial charge in [0.05, 0.1) is 4.92 Å². The zero-order valence-corrected chi connectivity index (χ0v) is 11.7. The van der Waals surface area contributed by atoms with Crippen LogP contribution in [0.5, 0.6) is 5.75 Å². The molecule has 3 rings (SSSR count). The Morgan fingerprint density at radius 2 is 2.00 bits per heavy atom. The maximum Gasteiger partial charge on any atom is 0.270 e. The zero-order valence-electron chi connectivity index (χ0n) is 11.7. The van der Waals surface area contributed by atoms with E-state index in [0.717, 1.165) is 12.1 Å². The molecule has 1 aliphatic heterocycles. The third-order valence-corrected chi connectivity index (χ3v) is 3.73. The molecule has 1 N–H and O–H groups in total. The molecule has 1 fully saturated rings. The number of anilines is 1. The maximum absolute atomic E-state index is 11.8. The second kappa shape index (κ2) is 5.48. The first-order valence-corrected chi connectivity index (χ1v) is 6.94. The molecule has 112 valence electrons. The van der Waals surface area contributed by atoms with Crippen molar-refractivity contribution in [1.82, 2.24) is 0 Å². The molecular formula is C16H14N2O4. The molecule has 0 unspecified atom stereocenters. The van der Waals surface area contributed by atoms with Crippen molar-refractivity contribution >= 4 is 17.3 Å². The van der Waals surface area contributed by atoms with Crippen LogP contribution in [0, 0.1) is 10.1 Å². The summed E-state index contributed by atoms with van der Waals surface area (Å²) < 4.78 is 0. The molecule has 0 saturated carbocycles. The highest BCUT2D eigenvalue weighted by Crippen LogP contribution is 2.34. The third kappa shape index (κ3) is 2.50. The van der Waals surface area contributed by atoms with Gasteiger partial charge in [-0.25, -0.2) is 0 Å². The first-order chi connectivity index (χ1) is 10.6. The summed E-state index contributed by atoms with van der Waals surface area (Å²) in [6, 6.07) is 11.0. The van der Waals surface area contributed by atoms with Crippen LogP contribution < -0.4 is 4.90 Å². The fourth-order valence-electron chi connectivity index (χ4n) is 2.63. The monoisotopic (exact) mass is 298 g/mol. The lowest BCUT2D eigenvalue weighted by molar-refractivity contribution is -0.384. The van der Waals surface area contributed by atoms with Crippen molar-refractivity contribution in [2.75, 3.05) is 11.4 Å². The number of amides is 1. The number of nitrogens with zero attached hydrogens (tertiary/aromatic N) is 2. The van der Waals surface area contributed by atoms with Crippen molar-refractivity contribution in [2.45, 2.75) is 12.8 Å². The van der Waals surface area contributed by atoms with E-state index < -0.39 is 4.92 Å². The first-order valence-electron chi connectivity index (χ1n) is 6.94. The molecule has 2 aromatic carbocycles. The molecule has 1 amide bonds. The van der Waals surface area contributed by atoms with E-state index in [4.69, 9.17) is 0 Å². The molecule has 1 saturated heterocycles. The molecule has 2 aromatic rings. The van der Waals surface area contributed by atoms with Gasteiger partial charge in [0, 0.05) is 36.3 Å². The quantitative estimate of drug-likeness (QED) is 0.697. The van der Waals surface area contributed by atoms with Crippen molar-refractivity contribution in [2.24, 2.45) is 0 Å². The molecule has 22 heavy (non-hydrogen) atoms. The first kappa shape index (κ1) is 14.1. The fraction of sp³-hybridized carbons (Fsp3) is 0.188. The Hall–Kier alpha value is -2.89. The van der Waals surface area contributed by atoms with E-state index in [1.54, 1.807) is 23.1 Å². The SMILES string of the molecule is O=C1CCCN1c1cccc(-c2cc([N+](=O)[O-])ccc2O)c1. The number of aromatic hydroxyl groups is 1. The normalized spacial score (nSPS) is 14.4. The lowest BCUT2D eigenvalue weighted by atomic mass is 10.0. The van der Waals surface area contributed by atoms with Gasteiger partial charge in [-0.05, 0) is 30.2 Å². The molecule has 0 radical (unpaired) electrons. The highest BCUT2D eigenvalue weighted by atomic mass is 16.6. The number of nitro benzene ring substituents is 1. The number of rotatable bonds is 3. The lowest BCUT2D eigenvalue weighted by Gasteiger charge is -2.16. The molecule has 6 nitrogen and oxygen atoms in total. The van der Waals surface area contributed by atoms with Gasteiger partial charge in [-0.2, -0.15) is 0 Å². The van der Waals surface area contributed by atoms with E-state index in [-0.39, 0.29) is 17.3 Å². The molecule has 0 aromatic heterocycles. The van der Waals surface area contributed by atoms with Gasteiger partial charge in [-0.1, -0.05) is 12.1 Å². The Kier molecular flexibility index (Phi) is 3.50. The highest BCUT2D eigenvalue weighted by molar-refractivity contribution is 5.96. The number of hydrogen-bond acceptors (Lipinski definition) is 4. The number of carbonyl (C=O) groups excluding carboxylic acids is 1. The van der Waals surface area contributed by atoms with Crippen molar-refractivity contribution in [3.63, 3.8) is 0 Å². The van der Waals surface area contributed by atoms with Crippen LogP contribution in [0.3, 0.4) is 0 Å². The number of phenolic OH excluding ortho intramolecular Hbond substituents is 1. The van der Waals surface area contributed by atoms with Crippen LogP contribution in [0.2, 0.25) is 0 Å². The summed E-state index contributed by atoms with van der Waals surface area (Å²) in [5, 5.41) is 20.9. The second-order valence-electron chi connectivity index (χ2n) is 5.16. The molecule has 0 spiro atoms. The summed E-state index contributed by atoms with van der Waals surface area (Å²) >= 11 is 0. The minimum atomic E-state index is -0.503. The van der Waals surface area contributed by atoms with E-state index in [1.165, 1.54) is 18.2 Å². The highest BCUT2D eigenvalue weighted by Gasteiger charge is 2.22. The summed E-state index contributed by atoms with van der Waals surface area (Å²) in [6.07, 6.45) is 1.36. The summed E-state index contributed by atoms with van der Waals surface area (Å²) in [5.41, 5.74) is 1.67.